The minimum atomic E-state index is -4.68. The highest BCUT2D eigenvalue weighted by molar-refractivity contribution is 5.77. The fraction of sp³-hybridized carbons (Fsp3) is 0.727. The molecule has 1 heterocycles. The van der Waals surface area contributed by atoms with Crippen LogP contribution in [-0.2, 0) is 15.7 Å². The minimum Gasteiger partial charge on any atom is -0.468 e. The van der Waals surface area contributed by atoms with Crippen LogP contribution in [0.5, 0.6) is 0 Å². The second-order valence-corrected chi connectivity index (χ2v) is 4.50. The van der Waals surface area contributed by atoms with E-state index in [4.69, 9.17) is 0 Å². The summed E-state index contributed by atoms with van der Waals surface area (Å²) in [6.07, 6.45) is -1.35. The molecule has 8 heteroatoms. The van der Waals surface area contributed by atoms with Crippen molar-refractivity contribution in [2.24, 2.45) is 5.92 Å². The number of rotatable bonds is 3. The Hall–Kier alpha value is -1.60. The van der Waals surface area contributed by atoms with E-state index < -0.39 is 23.9 Å². The highest BCUT2D eigenvalue weighted by Gasteiger charge is 2.42. The first-order chi connectivity index (χ1) is 8.93. The van der Waals surface area contributed by atoms with E-state index in [0.29, 0.717) is 0 Å². The maximum Gasteiger partial charge on any atom is 0.455 e. The molecular formula is C11H13F3N2O3. The first kappa shape index (κ1) is 13.8. The molecule has 1 saturated carbocycles. The number of carbonyl (C=O) groups excluding carboxylic acids is 1. The summed E-state index contributed by atoms with van der Waals surface area (Å²) >= 11 is 0. The number of halogens is 3. The van der Waals surface area contributed by atoms with Crippen LogP contribution in [0.15, 0.2) is 4.52 Å². The van der Waals surface area contributed by atoms with Crippen LogP contribution in [0, 0.1) is 5.92 Å². The fourth-order valence-electron chi connectivity index (χ4n) is 2.39. The monoisotopic (exact) mass is 278 g/mol. The molecule has 0 aromatic carbocycles. The van der Waals surface area contributed by atoms with Crippen molar-refractivity contribution < 1.29 is 27.2 Å². The first-order valence-corrected chi connectivity index (χ1v) is 5.92. The second-order valence-electron chi connectivity index (χ2n) is 4.50. The predicted molar refractivity (Wildman–Crippen MR) is 56.0 cm³/mol. The molecule has 1 aliphatic carbocycles. The Balaban J connectivity index is 2.27. The van der Waals surface area contributed by atoms with Gasteiger partial charge in [0.1, 0.15) is 5.92 Å². The van der Waals surface area contributed by atoms with Crippen LogP contribution in [0.1, 0.15) is 43.3 Å². The Morgan fingerprint density at radius 2 is 2.05 bits per heavy atom. The Bertz CT molecular complexity index is 452. The molecule has 0 saturated heterocycles. The summed E-state index contributed by atoms with van der Waals surface area (Å²) in [5.41, 5.74) is 0. The Kier molecular flexibility index (Phi) is 3.77. The lowest BCUT2D eigenvalue weighted by Crippen LogP contribution is -2.22. The van der Waals surface area contributed by atoms with Gasteiger partial charge in [0.05, 0.1) is 7.11 Å². The third-order valence-electron chi connectivity index (χ3n) is 3.29. The fourth-order valence-corrected chi connectivity index (χ4v) is 2.39. The Morgan fingerprint density at radius 1 is 1.42 bits per heavy atom. The number of alkyl halides is 3. The van der Waals surface area contributed by atoms with Crippen molar-refractivity contribution >= 4 is 5.97 Å². The lowest BCUT2D eigenvalue weighted by molar-refractivity contribution is -0.146. The third-order valence-corrected chi connectivity index (χ3v) is 3.29. The van der Waals surface area contributed by atoms with E-state index >= 15 is 0 Å². The average Bonchev–Trinajstić information content (AvgIpc) is 2.99. The molecule has 0 aliphatic heterocycles. The van der Waals surface area contributed by atoms with Crippen LogP contribution in [0.25, 0.3) is 0 Å². The van der Waals surface area contributed by atoms with Crippen molar-refractivity contribution in [1.29, 1.82) is 0 Å². The van der Waals surface area contributed by atoms with Gasteiger partial charge >= 0.3 is 12.1 Å². The van der Waals surface area contributed by atoms with Gasteiger partial charge in [-0.15, -0.1) is 0 Å². The molecule has 0 bridgehead atoms. The summed E-state index contributed by atoms with van der Waals surface area (Å²) in [7, 11) is 1.19. The van der Waals surface area contributed by atoms with Gasteiger partial charge in [-0.1, -0.05) is 18.0 Å². The normalized spacial score (nSPS) is 18.5. The van der Waals surface area contributed by atoms with E-state index in [1.807, 2.05) is 0 Å². The van der Waals surface area contributed by atoms with Gasteiger partial charge in [-0.05, 0) is 18.8 Å². The molecule has 2 rings (SSSR count). The van der Waals surface area contributed by atoms with Crippen LogP contribution in [0.4, 0.5) is 13.2 Å². The molecule has 106 valence electrons. The molecule has 0 spiro atoms. The van der Waals surface area contributed by atoms with Gasteiger partial charge in [-0.25, -0.2) is 0 Å². The Morgan fingerprint density at radius 3 is 2.53 bits per heavy atom. The number of nitrogens with zero attached hydrogens (tertiary/aromatic N) is 2. The van der Waals surface area contributed by atoms with Gasteiger partial charge in [0.15, 0.2) is 0 Å². The molecule has 0 amide bonds. The second kappa shape index (κ2) is 5.18. The summed E-state index contributed by atoms with van der Waals surface area (Å²) in [5.74, 6) is -3.32. The van der Waals surface area contributed by atoms with Crippen molar-refractivity contribution in [3.05, 3.63) is 11.7 Å². The van der Waals surface area contributed by atoms with Gasteiger partial charge in [-0.2, -0.15) is 18.2 Å². The highest BCUT2D eigenvalue weighted by Crippen LogP contribution is 2.38. The molecule has 5 nitrogen and oxygen atoms in total. The summed E-state index contributed by atoms with van der Waals surface area (Å²) < 4.78 is 46.5. The minimum absolute atomic E-state index is 0.103. The SMILES string of the molecule is COC(=O)C(c1nc(C(F)(F)F)no1)C1CCCC1. The largest absolute Gasteiger partial charge is 0.468 e. The van der Waals surface area contributed by atoms with Crippen LogP contribution in [-0.4, -0.2) is 23.2 Å². The number of methoxy groups -OCH3 is 1. The van der Waals surface area contributed by atoms with Gasteiger partial charge < -0.3 is 9.26 Å². The number of esters is 1. The number of ether oxygens (including phenoxy) is 1. The molecule has 1 aromatic heterocycles. The van der Waals surface area contributed by atoms with Crippen LogP contribution in [0.3, 0.4) is 0 Å². The average molecular weight is 278 g/mol. The predicted octanol–water partition coefficient (Wildman–Crippen LogP) is 2.54. The lowest BCUT2D eigenvalue weighted by Gasteiger charge is -2.16. The molecular weight excluding hydrogens is 265 g/mol. The summed E-state index contributed by atoms with van der Waals surface area (Å²) in [4.78, 5) is 15.0. The molecule has 0 radical (unpaired) electrons. The summed E-state index contributed by atoms with van der Waals surface area (Å²) in [6, 6.07) is 0. The third kappa shape index (κ3) is 2.87. The van der Waals surface area contributed by atoms with E-state index in [0.717, 1.165) is 25.7 Å². The number of hydrogen-bond acceptors (Lipinski definition) is 5. The summed E-state index contributed by atoms with van der Waals surface area (Å²) in [6.45, 7) is 0. The zero-order chi connectivity index (χ0) is 14.0. The van der Waals surface area contributed by atoms with Gasteiger partial charge in [0.25, 0.3) is 5.82 Å². The zero-order valence-corrected chi connectivity index (χ0v) is 10.2. The lowest BCUT2D eigenvalue weighted by atomic mass is 9.91. The van der Waals surface area contributed by atoms with E-state index in [1.54, 1.807) is 0 Å². The van der Waals surface area contributed by atoms with Crippen molar-refractivity contribution in [1.82, 2.24) is 10.1 Å². The van der Waals surface area contributed by atoms with E-state index in [9.17, 15) is 18.0 Å². The topological polar surface area (TPSA) is 65.2 Å². The molecule has 0 N–H and O–H groups in total. The maximum absolute atomic E-state index is 12.4. The van der Waals surface area contributed by atoms with E-state index in [2.05, 4.69) is 19.4 Å². The number of carbonyl (C=O) groups is 1. The van der Waals surface area contributed by atoms with E-state index in [-0.39, 0.29) is 11.8 Å². The van der Waals surface area contributed by atoms with Crippen molar-refractivity contribution in [2.75, 3.05) is 7.11 Å². The molecule has 1 aliphatic rings. The molecule has 19 heavy (non-hydrogen) atoms. The highest BCUT2D eigenvalue weighted by atomic mass is 19.4. The standard InChI is InChI=1S/C11H13F3N2O3/c1-18-9(17)7(6-4-2-3-5-6)8-15-10(16-19-8)11(12,13)14/h6-7H,2-5H2,1H3. The van der Waals surface area contributed by atoms with Crippen molar-refractivity contribution in [2.45, 2.75) is 37.8 Å². The molecule has 1 unspecified atom stereocenters. The van der Waals surface area contributed by atoms with E-state index in [1.165, 1.54) is 7.11 Å². The quantitative estimate of drug-likeness (QED) is 0.795. The van der Waals surface area contributed by atoms with Crippen LogP contribution in [0.2, 0.25) is 0 Å². The molecule has 1 fully saturated rings. The molecule has 1 atom stereocenters. The van der Waals surface area contributed by atoms with Crippen molar-refractivity contribution in [3.63, 3.8) is 0 Å². The first-order valence-electron chi connectivity index (χ1n) is 5.92. The smallest absolute Gasteiger partial charge is 0.455 e. The van der Waals surface area contributed by atoms with Gasteiger partial charge in [0, 0.05) is 0 Å². The van der Waals surface area contributed by atoms with Gasteiger partial charge in [-0.3, -0.25) is 4.79 Å². The number of hydrogen-bond donors (Lipinski definition) is 0. The van der Waals surface area contributed by atoms with Crippen molar-refractivity contribution in [3.8, 4) is 0 Å². The number of aromatic nitrogens is 2. The molecule has 1 aromatic rings. The van der Waals surface area contributed by atoms with Gasteiger partial charge in [0.2, 0.25) is 5.89 Å². The van der Waals surface area contributed by atoms with Crippen LogP contribution < -0.4 is 0 Å². The Labute approximate surface area is 107 Å². The maximum atomic E-state index is 12.4. The summed E-state index contributed by atoms with van der Waals surface area (Å²) in [5, 5.41) is 2.88. The van der Waals surface area contributed by atoms with Crippen LogP contribution >= 0.6 is 0 Å². The zero-order valence-electron chi connectivity index (χ0n) is 10.2.